The van der Waals surface area contributed by atoms with E-state index in [4.69, 9.17) is 20.2 Å². The molecule has 10 heteroatoms. The van der Waals surface area contributed by atoms with Gasteiger partial charge in [-0.25, -0.2) is 9.67 Å². The second kappa shape index (κ2) is 7.57. The Labute approximate surface area is 166 Å². The van der Waals surface area contributed by atoms with E-state index in [0.29, 0.717) is 36.7 Å². The van der Waals surface area contributed by atoms with Crippen LogP contribution in [-0.2, 0) is 22.6 Å². The van der Waals surface area contributed by atoms with E-state index >= 15 is 0 Å². The van der Waals surface area contributed by atoms with Gasteiger partial charge in [-0.3, -0.25) is 4.98 Å². The number of fused-ring (bicyclic) bond motifs is 1. The van der Waals surface area contributed by atoms with Gasteiger partial charge < -0.3 is 19.8 Å². The second-order valence-electron chi connectivity index (χ2n) is 6.82. The van der Waals surface area contributed by atoms with Crippen LogP contribution in [0, 0.1) is 0 Å². The van der Waals surface area contributed by atoms with Gasteiger partial charge in [0.15, 0.2) is 17.0 Å². The first-order chi connectivity index (χ1) is 14.3. The fourth-order valence-corrected chi connectivity index (χ4v) is 3.34. The van der Waals surface area contributed by atoms with Crippen LogP contribution in [0.3, 0.4) is 0 Å². The largest absolute Gasteiger partial charge is 0.379 e. The van der Waals surface area contributed by atoms with E-state index in [-0.39, 0.29) is 12.1 Å². The predicted molar refractivity (Wildman–Crippen MR) is 104 cm³/mol. The molecule has 5 rings (SSSR count). The first-order valence-corrected chi connectivity index (χ1v) is 9.39. The molecule has 148 valence electrons. The molecule has 0 bridgehead atoms. The molecule has 2 N–H and O–H groups in total. The molecule has 1 aliphatic heterocycles. The highest BCUT2D eigenvalue weighted by Crippen LogP contribution is 2.19. The van der Waals surface area contributed by atoms with Gasteiger partial charge in [0.2, 0.25) is 5.95 Å². The van der Waals surface area contributed by atoms with E-state index in [1.807, 2.05) is 28.8 Å². The fraction of sp³-hybridized carbons (Fsp3) is 0.316. The van der Waals surface area contributed by atoms with E-state index in [9.17, 15) is 0 Å². The smallest absolute Gasteiger partial charge is 0.224 e. The molecule has 29 heavy (non-hydrogen) atoms. The molecule has 0 aliphatic carbocycles. The minimum absolute atomic E-state index is 0.151. The number of pyridine rings is 1. The van der Waals surface area contributed by atoms with E-state index in [0.717, 1.165) is 24.4 Å². The molecule has 1 atom stereocenters. The van der Waals surface area contributed by atoms with Crippen LogP contribution in [0.1, 0.15) is 17.8 Å². The number of rotatable bonds is 6. The predicted octanol–water partition coefficient (Wildman–Crippen LogP) is 1.34. The molecular weight excluding hydrogens is 372 g/mol. The van der Waals surface area contributed by atoms with Crippen LogP contribution in [0.25, 0.3) is 17.0 Å². The molecular formula is C19H20N8O2. The molecule has 10 nitrogen and oxygen atoms in total. The summed E-state index contributed by atoms with van der Waals surface area (Å²) in [6.45, 7) is 2.38. The third-order valence-electron chi connectivity index (χ3n) is 4.74. The second-order valence-corrected chi connectivity index (χ2v) is 6.82. The van der Waals surface area contributed by atoms with Crippen LogP contribution in [0.4, 0.5) is 5.95 Å². The molecule has 0 spiro atoms. The standard InChI is InChI=1S/C19H20N8O2/c20-19-24-17-16(18(25-19)27-7-2-6-22-27)21-12-26(17)9-13-3-1-4-14(23-13)10-29-15-5-8-28-11-15/h1-4,6-7,12,15H,5,8-11H2,(H2,20,24,25)/t15-/m1/s1. The van der Waals surface area contributed by atoms with Crippen molar-refractivity contribution in [2.45, 2.75) is 25.7 Å². The van der Waals surface area contributed by atoms with Gasteiger partial charge in [0, 0.05) is 19.0 Å². The zero-order chi connectivity index (χ0) is 19.6. The van der Waals surface area contributed by atoms with E-state index in [1.54, 1.807) is 23.4 Å². The molecule has 0 saturated carbocycles. The maximum atomic E-state index is 5.93. The number of nitrogen functional groups attached to an aromatic ring is 1. The monoisotopic (exact) mass is 392 g/mol. The van der Waals surface area contributed by atoms with Crippen molar-refractivity contribution >= 4 is 17.1 Å². The fourth-order valence-electron chi connectivity index (χ4n) is 3.34. The summed E-state index contributed by atoms with van der Waals surface area (Å²) < 4.78 is 14.7. The summed E-state index contributed by atoms with van der Waals surface area (Å²) in [5, 5.41) is 4.22. The van der Waals surface area contributed by atoms with Crippen LogP contribution in [0.2, 0.25) is 0 Å². The Balaban J connectivity index is 1.40. The van der Waals surface area contributed by atoms with Crippen LogP contribution in [0.15, 0.2) is 43.0 Å². The number of imidazole rings is 1. The Bertz CT molecular complexity index is 1120. The van der Waals surface area contributed by atoms with Crippen molar-refractivity contribution < 1.29 is 9.47 Å². The van der Waals surface area contributed by atoms with Crippen molar-refractivity contribution in [2.24, 2.45) is 0 Å². The number of ether oxygens (including phenoxy) is 2. The highest BCUT2D eigenvalue weighted by Gasteiger charge is 2.17. The summed E-state index contributed by atoms with van der Waals surface area (Å²) in [5.41, 5.74) is 8.95. The Morgan fingerprint density at radius 1 is 1.17 bits per heavy atom. The van der Waals surface area contributed by atoms with Crippen LogP contribution in [-0.4, -0.2) is 53.6 Å². The van der Waals surface area contributed by atoms with Gasteiger partial charge in [-0.05, 0) is 24.6 Å². The van der Waals surface area contributed by atoms with Crippen LogP contribution >= 0.6 is 0 Å². The highest BCUT2D eigenvalue weighted by molar-refractivity contribution is 5.79. The lowest BCUT2D eigenvalue weighted by molar-refractivity contribution is 0.0301. The normalized spacial score (nSPS) is 16.6. The van der Waals surface area contributed by atoms with Gasteiger partial charge in [-0.15, -0.1) is 0 Å². The Kier molecular flexibility index (Phi) is 4.62. The topological polar surface area (TPSA) is 119 Å². The number of anilines is 1. The van der Waals surface area contributed by atoms with Crippen LogP contribution < -0.4 is 5.73 Å². The summed E-state index contributed by atoms with van der Waals surface area (Å²) >= 11 is 0. The Hall–Kier alpha value is -3.37. The zero-order valence-electron chi connectivity index (χ0n) is 15.7. The third kappa shape index (κ3) is 3.67. The SMILES string of the molecule is Nc1nc(-n2cccn2)c2ncn(Cc3cccc(CO[C@@H]4CCOC4)n3)c2n1. The third-order valence-corrected chi connectivity index (χ3v) is 4.74. The summed E-state index contributed by atoms with van der Waals surface area (Å²) in [4.78, 5) is 17.8. The summed E-state index contributed by atoms with van der Waals surface area (Å²) in [6, 6.07) is 7.72. The Morgan fingerprint density at radius 2 is 2.10 bits per heavy atom. The average molecular weight is 392 g/mol. The van der Waals surface area contributed by atoms with Crippen molar-refractivity contribution in [3.63, 3.8) is 0 Å². The maximum absolute atomic E-state index is 5.93. The van der Waals surface area contributed by atoms with E-state index in [1.165, 1.54) is 0 Å². The van der Waals surface area contributed by atoms with Crippen molar-refractivity contribution in [3.8, 4) is 5.82 Å². The highest BCUT2D eigenvalue weighted by atomic mass is 16.5. The van der Waals surface area contributed by atoms with Crippen LogP contribution in [0.5, 0.6) is 0 Å². The number of nitrogens with zero attached hydrogens (tertiary/aromatic N) is 7. The average Bonchev–Trinajstić information content (AvgIpc) is 3.49. The molecule has 5 heterocycles. The van der Waals surface area contributed by atoms with Gasteiger partial charge in [0.25, 0.3) is 0 Å². The van der Waals surface area contributed by atoms with E-state index < -0.39 is 0 Å². The van der Waals surface area contributed by atoms with Crippen molar-refractivity contribution in [2.75, 3.05) is 18.9 Å². The lowest BCUT2D eigenvalue weighted by Gasteiger charge is -2.10. The lowest BCUT2D eigenvalue weighted by Crippen LogP contribution is -2.13. The molecule has 0 aromatic carbocycles. The van der Waals surface area contributed by atoms with Crippen molar-refractivity contribution in [1.82, 2.24) is 34.3 Å². The maximum Gasteiger partial charge on any atom is 0.224 e. The molecule has 0 radical (unpaired) electrons. The number of hydrogen-bond acceptors (Lipinski definition) is 8. The Morgan fingerprint density at radius 3 is 2.93 bits per heavy atom. The molecule has 1 saturated heterocycles. The first kappa shape index (κ1) is 17.7. The molecule has 4 aromatic heterocycles. The van der Waals surface area contributed by atoms with Crippen molar-refractivity contribution in [1.29, 1.82) is 0 Å². The molecule has 4 aromatic rings. The number of hydrogen-bond donors (Lipinski definition) is 1. The van der Waals surface area contributed by atoms with Gasteiger partial charge in [0.05, 0.1) is 43.6 Å². The minimum atomic E-state index is 0.151. The minimum Gasteiger partial charge on any atom is -0.379 e. The molecule has 1 fully saturated rings. The van der Waals surface area contributed by atoms with E-state index in [2.05, 4.69) is 20.1 Å². The first-order valence-electron chi connectivity index (χ1n) is 9.39. The lowest BCUT2D eigenvalue weighted by atomic mass is 10.3. The van der Waals surface area contributed by atoms with Gasteiger partial charge >= 0.3 is 0 Å². The molecule has 0 amide bonds. The quantitative estimate of drug-likeness (QED) is 0.522. The molecule has 0 unspecified atom stereocenters. The van der Waals surface area contributed by atoms with Gasteiger partial charge in [0.1, 0.15) is 0 Å². The van der Waals surface area contributed by atoms with Crippen molar-refractivity contribution in [3.05, 3.63) is 54.4 Å². The summed E-state index contributed by atoms with van der Waals surface area (Å²) in [5.74, 6) is 0.712. The van der Waals surface area contributed by atoms with Gasteiger partial charge in [-0.1, -0.05) is 6.07 Å². The zero-order valence-corrected chi connectivity index (χ0v) is 15.7. The van der Waals surface area contributed by atoms with Gasteiger partial charge in [-0.2, -0.15) is 15.1 Å². The molecule has 1 aliphatic rings. The summed E-state index contributed by atoms with van der Waals surface area (Å²) in [7, 11) is 0. The number of aromatic nitrogens is 7. The number of nitrogens with two attached hydrogens (primary N) is 1. The summed E-state index contributed by atoms with van der Waals surface area (Å²) in [6.07, 6.45) is 6.27.